The second kappa shape index (κ2) is 7.83. The molecule has 1 unspecified atom stereocenters. The Labute approximate surface area is 191 Å². The number of pyridine rings is 1. The van der Waals surface area contributed by atoms with E-state index in [1.807, 2.05) is 0 Å². The summed E-state index contributed by atoms with van der Waals surface area (Å²) >= 11 is 12.2. The van der Waals surface area contributed by atoms with Crippen molar-refractivity contribution in [3.05, 3.63) is 69.7 Å². The maximum atomic E-state index is 13.5. The van der Waals surface area contributed by atoms with E-state index in [1.165, 1.54) is 22.6 Å². The predicted octanol–water partition coefficient (Wildman–Crippen LogP) is 6.39. The molecule has 0 aliphatic carbocycles. The number of fused-ring (bicyclic) bond motifs is 3. The van der Waals surface area contributed by atoms with Crippen LogP contribution in [0, 0.1) is 0 Å². The van der Waals surface area contributed by atoms with E-state index in [0.717, 1.165) is 18.4 Å². The van der Waals surface area contributed by atoms with E-state index in [2.05, 4.69) is 10.3 Å². The summed E-state index contributed by atoms with van der Waals surface area (Å²) in [6, 6.07) is 10.7. The lowest BCUT2D eigenvalue weighted by Gasteiger charge is -2.19. The topological polar surface area (TPSA) is 63.5 Å². The number of nitrogens with one attached hydrogen (secondary N) is 1. The largest absolute Gasteiger partial charge is 0.416 e. The molecule has 0 saturated carbocycles. The number of hydrogen-bond acceptors (Lipinski definition) is 4. The van der Waals surface area contributed by atoms with Gasteiger partial charge in [-0.2, -0.15) is 13.2 Å². The molecule has 4 rings (SSSR count). The summed E-state index contributed by atoms with van der Waals surface area (Å²) in [5.74, 6) is 0.149. The molecular formula is C21H16Cl2F3N3O2S. The number of imidazole rings is 1. The number of aromatic nitrogens is 2. The molecule has 1 atom stereocenters. The lowest BCUT2D eigenvalue weighted by Crippen LogP contribution is -2.13. The molecule has 0 fully saturated rings. The summed E-state index contributed by atoms with van der Waals surface area (Å²) in [7, 11) is -3.36. The number of sulfone groups is 1. The number of nitrogens with zero attached hydrogens (tertiary/aromatic N) is 2. The molecule has 5 nitrogen and oxygen atoms in total. The zero-order valence-electron chi connectivity index (χ0n) is 16.7. The lowest BCUT2D eigenvalue weighted by molar-refractivity contribution is -0.137. The van der Waals surface area contributed by atoms with Crippen LogP contribution in [0.1, 0.15) is 24.1 Å². The van der Waals surface area contributed by atoms with Crippen LogP contribution in [0.2, 0.25) is 10.0 Å². The van der Waals surface area contributed by atoms with Crippen LogP contribution < -0.4 is 5.32 Å². The third kappa shape index (κ3) is 4.24. The molecule has 0 amide bonds. The third-order valence-electron chi connectivity index (χ3n) is 5.04. The van der Waals surface area contributed by atoms with E-state index in [-0.39, 0.29) is 26.4 Å². The van der Waals surface area contributed by atoms with Gasteiger partial charge in [0.15, 0.2) is 9.84 Å². The predicted molar refractivity (Wildman–Crippen MR) is 119 cm³/mol. The molecule has 4 aromatic rings. The molecule has 11 heteroatoms. The first-order valence-electron chi connectivity index (χ1n) is 9.29. The minimum Gasteiger partial charge on any atom is -0.365 e. The van der Waals surface area contributed by atoms with Gasteiger partial charge in [-0.3, -0.25) is 4.40 Å². The maximum Gasteiger partial charge on any atom is 0.416 e. The van der Waals surface area contributed by atoms with Crippen LogP contribution in [0.3, 0.4) is 0 Å². The van der Waals surface area contributed by atoms with E-state index in [4.69, 9.17) is 23.2 Å². The molecule has 2 heterocycles. The Hall–Kier alpha value is -2.49. The monoisotopic (exact) mass is 501 g/mol. The van der Waals surface area contributed by atoms with Crippen LogP contribution >= 0.6 is 23.2 Å². The third-order valence-corrected chi connectivity index (χ3v) is 6.89. The Balaban J connectivity index is 1.85. The van der Waals surface area contributed by atoms with Crippen molar-refractivity contribution in [2.24, 2.45) is 0 Å². The van der Waals surface area contributed by atoms with E-state index >= 15 is 0 Å². The van der Waals surface area contributed by atoms with Gasteiger partial charge in [0, 0.05) is 12.3 Å². The van der Waals surface area contributed by atoms with Gasteiger partial charge in [0.2, 0.25) is 0 Å². The highest BCUT2D eigenvalue weighted by molar-refractivity contribution is 7.90. The highest BCUT2D eigenvalue weighted by atomic mass is 35.5. The van der Waals surface area contributed by atoms with Crippen molar-refractivity contribution in [2.75, 3.05) is 11.6 Å². The fraction of sp³-hybridized carbons (Fsp3) is 0.190. The van der Waals surface area contributed by atoms with E-state index < -0.39 is 27.6 Å². The molecular weight excluding hydrogens is 486 g/mol. The molecule has 168 valence electrons. The first kappa shape index (κ1) is 22.7. The number of rotatable bonds is 4. The zero-order chi connectivity index (χ0) is 23.4. The van der Waals surface area contributed by atoms with Crippen molar-refractivity contribution in [2.45, 2.75) is 24.0 Å². The Bertz CT molecular complexity index is 1450. The molecule has 0 spiro atoms. The van der Waals surface area contributed by atoms with Crippen molar-refractivity contribution in [1.82, 2.24) is 9.38 Å². The van der Waals surface area contributed by atoms with Gasteiger partial charge in [-0.25, -0.2) is 13.4 Å². The van der Waals surface area contributed by atoms with Crippen LogP contribution in [0.4, 0.5) is 19.0 Å². The van der Waals surface area contributed by atoms with Crippen LogP contribution in [0.5, 0.6) is 0 Å². The van der Waals surface area contributed by atoms with Gasteiger partial charge in [-0.1, -0.05) is 35.3 Å². The molecule has 0 bridgehead atoms. The first-order chi connectivity index (χ1) is 14.8. The van der Waals surface area contributed by atoms with Crippen LogP contribution in [0.25, 0.3) is 16.7 Å². The molecule has 32 heavy (non-hydrogen) atoms. The van der Waals surface area contributed by atoms with E-state index in [0.29, 0.717) is 16.6 Å². The molecule has 0 aliphatic rings. The molecule has 2 aromatic carbocycles. The van der Waals surface area contributed by atoms with Crippen molar-refractivity contribution in [3.8, 4) is 0 Å². The van der Waals surface area contributed by atoms with Gasteiger partial charge in [-0.15, -0.1) is 0 Å². The number of hydrogen-bond donors (Lipinski definition) is 1. The minimum absolute atomic E-state index is 0.0790. The highest BCUT2D eigenvalue weighted by Crippen LogP contribution is 2.36. The smallest absolute Gasteiger partial charge is 0.365 e. The van der Waals surface area contributed by atoms with Gasteiger partial charge in [0.05, 0.1) is 31.5 Å². The second-order valence-electron chi connectivity index (χ2n) is 7.39. The number of halogens is 5. The quantitative estimate of drug-likeness (QED) is 0.351. The van der Waals surface area contributed by atoms with Crippen LogP contribution in [-0.2, 0) is 16.0 Å². The fourth-order valence-corrected chi connectivity index (χ4v) is 4.36. The Morgan fingerprint density at radius 1 is 1.03 bits per heavy atom. The summed E-state index contributed by atoms with van der Waals surface area (Å²) in [4.78, 5) is 4.44. The second-order valence-corrected chi connectivity index (χ2v) is 10.2. The Morgan fingerprint density at radius 2 is 1.66 bits per heavy atom. The SMILES string of the molecule is CC(Nc1cc(C(F)(F)F)cc2nc3cc(Cl)c(Cl)cc3n12)c1ccc(S(C)(=O)=O)cc1. The summed E-state index contributed by atoms with van der Waals surface area (Å²) in [5, 5.41) is 3.57. The van der Waals surface area contributed by atoms with Crippen molar-refractivity contribution >= 4 is 55.5 Å². The summed E-state index contributed by atoms with van der Waals surface area (Å²) in [5.41, 5.74) is 0.792. The zero-order valence-corrected chi connectivity index (χ0v) is 19.0. The average molecular weight is 502 g/mol. The maximum absolute atomic E-state index is 13.5. The Morgan fingerprint density at radius 3 is 2.25 bits per heavy atom. The van der Waals surface area contributed by atoms with Gasteiger partial charge < -0.3 is 5.32 Å². The molecule has 0 saturated heterocycles. The number of benzene rings is 2. The van der Waals surface area contributed by atoms with Crippen molar-refractivity contribution < 1.29 is 21.6 Å². The van der Waals surface area contributed by atoms with Gasteiger partial charge >= 0.3 is 6.18 Å². The fourth-order valence-electron chi connectivity index (χ4n) is 3.41. The molecule has 2 aromatic heterocycles. The summed E-state index contributed by atoms with van der Waals surface area (Å²) in [6.45, 7) is 1.75. The summed E-state index contributed by atoms with van der Waals surface area (Å²) in [6.07, 6.45) is -3.48. The average Bonchev–Trinajstić information content (AvgIpc) is 3.04. The summed E-state index contributed by atoms with van der Waals surface area (Å²) < 4.78 is 65.5. The van der Waals surface area contributed by atoms with Crippen molar-refractivity contribution in [3.63, 3.8) is 0 Å². The normalized spacial score (nSPS) is 13.6. The van der Waals surface area contributed by atoms with Gasteiger partial charge in [0.25, 0.3) is 0 Å². The van der Waals surface area contributed by atoms with Crippen LogP contribution in [0.15, 0.2) is 53.4 Å². The van der Waals surface area contributed by atoms with Crippen LogP contribution in [-0.4, -0.2) is 24.1 Å². The van der Waals surface area contributed by atoms with Gasteiger partial charge in [0.1, 0.15) is 11.5 Å². The van der Waals surface area contributed by atoms with E-state index in [1.54, 1.807) is 25.1 Å². The number of anilines is 1. The lowest BCUT2D eigenvalue weighted by atomic mass is 10.1. The standard InChI is InChI=1S/C21H16Cl2F3N3O2S/c1-11(12-3-5-14(6-4-12)32(2,30)31)27-19-7-13(21(24,25)26)8-20-28-17-9-15(22)16(23)10-18(17)29(19)20/h3-11,27H,1-2H3. The van der Waals surface area contributed by atoms with Crippen molar-refractivity contribution in [1.29, 1.82) is 0 Å². The first-order valence-corrected chi connectivity index (χ1v) is 11.9. The molecule has 0 radical (unpaired) electrons. The molecule has 0 aliphatic heterocycles. The number of alkyl halides is 3. The Kier molecular flexibility index (Phi) is 5.55. The minimum atomic E-state index is -4.58. The highest BCUT2D eigenvalue weighted by Gasteiger charge is 2.32. The molecule has 1 N–H and O–H groups in total. The van der Waals surface area contributed by atoms with Gasteiger partial charge in [-0.05, 0) is 48.9 Å². The van der Waals surface area contributed by atoms with E-state index in [9.17, 15) is 21.6 Å².